The number of carbonyl (C=O) groups excluding carboxylic acids is 1. The van der Waals surface area contributed by atoms with E-state index in [-0.39, 0.29) is 16.9 Å². The molecule has 0 spiro atoms. The van der Waals surface area contributed by atoms with Gasteiger partial charge in [-0.05, 0) is 30.7 Å². The average molecular weight is 272 g/mol. The van der Waals surface area contributed by atoms with E-state index in [4.69, 9.17) is 5.73 Å². The molecule has 2 rings (SSSR count). The van der Waals surface area contributed by atoms with Crippen molar-refractivity contribution in [2.75, 3.05) is 11.1 Å². The summed E-state index contributed by atoms with van der Waals surface area (Å²) in [5.41, 5.74) is 6.62. The standard InChI is InChI=1S/C13H12N4O3/c1-8-4-5-15-12(6-8)16-13(18)10-7-9(17(19)20)2-3-11(10)14/h2-7H,14H2,1H3,(H,15,16,18). The van der Waals surface area contributed by atoms with Crippen molar-refractivity contribution in [3.8, 4) is 0 Å². The van der Waals surface area contributed by atoms with Gasteiger partial charge >= 0.3 is 0 Å². The monoisotopic (exact) mass is 272 g/mol. The molecule has 7 nitrogen and oxygen atoms in total. The first kappa shape index (κ1) is 13.5. The second-order valence-electron chi connectivity index (χ2n) is 4.20. The van der Waals surface area contributed by atoms with Crippen molar-refractivity contribution in [1.29, 1.82) is 0 Å². The van der Waals surface area contributed by atoms with Gasteiger partial charge in [-0.25, -0.2) is 4.98 Å². The lowest BCUT2D eigenvalue weighted by atomic mass is 10.1. The number of carbonyl (C=O) groups is 1. The Kier molecular flexibility index (Phi) is 3.60. The molecule has 102 valence electrons. The number of rotatable bonds is 3. The van der Waals surface area contributed by atoms with Crippen molar-refractivity contribution in [2.24, 2.45) is 0 Å². The molecule has 0 radical (unpaired) electrons. The number of aryl methyl sites for hydroxylation is 1. The Labute approximate surface area is 114 Å². The highest BCUT2D eigenvalue weighted by molar-refractivity contribution is 6.07. The predicted octanol–water partition coefficient (Wildman–Crippen LogP) is 2.13. The first-order valence-corrected chi connectivity index (χ1v) is 5.75. The van der Waals surface area contributed by atoms with E-state index in [1.165, 1.54) is 12.1 Å². The van der Waals surface area contributed by atoms with E-state index in [1.54, 1.807) is 18.3 Å². The Hall–Kier alpha value is -2.96. The minimum atomic E-state index is -0.582. The molecular formula is C13H12N4O3. The maximum Gasteiger partial charge on any atom is 0.270 e. The number of nitrogens with two attached hydrogens (primary N) is 1. The summed E-state index contributed by atoms with van der Waals surface area (Å²) in [6.45, 7) is 1.86. The van der Waals surface area contributed by atoms with Crippen LogP contribution in [0.3, 0.4) is 0 Å². The Morgan fingerprint density at radius 2 is 2.10 bits per heavy atom. The van der Waals surface area contributed by atoms with E-state index in [0.29, 0.717) is 5.82 Å². The number of nitrogen functional groups attached to an aromatic ring is 1. The molecule has 1 aromatic heterocycles. The van der Waals surface area contributed by atoms with Crippen LogP contribution in [0.2, 0.25) is 0 Å². The second-order valence-corrected chi connectivity index (χ2v) is 4.20. The Balaban J connectivity index is 2.29. The molecule has 0 aliphatic rings. The molecule has 0 bridgehead atoms. The minimum Gasteiger partial charge on any atom is -0.398 e. The van der Waals surface area contributed by atoms with E-state index in [9.17, 15) is 14.9 Å². The van der Waals surface area contributed by atoms with Crippen LogP contribution in [0.25, 0.3) is 0 Å². The number of non-ortho nitro benzene ring substituents is 1. The lowest BCUT2D eigenvalue weighted by Gasteiger charge is -2.07. The highest BCUT2D eigenvalue weighted by Crippen LogP contribution is 2.20. The number of nitrogens with zero attached hydrogens (tertiary/aromatic N) is 2. The normalized spacial score (nSPS) is 10.1. The third-order valence-electron chi connectivity index (χ3n) is 2.65. The van der Waals surface area contributed by atoms with Crippen molar-refractivity contribution in [2.45, 2.75) is 6.92 Å². The zero-order valence-electron chi connectivity index (χ0n) is 10.7. The number of amides is 1. The molecular weight excluding hydrogens is 260 g/mol. The molecule has 1 amide bonds. The molecule has 7 heteroatoms. The fourth-order valence-corrected chi connectivity index (χ4v) is 1.64. The predicted molar refractivity (Wildman–Crippen MR) is 74.4 cm³/mol. The molecule has 0 aliphatic heterocycles. The first-order chi connectivity index (χ1) is 9.47. The van der Waals surface area contributed by atoms with Crippen LogP contribution in [-0.2, 0) is 0 Å². The summed E-state index contributed by atoms with van der Waals surface area (Å²) < 4.78 is 0. The third kappa shape index (κ3) is 2.89. The number of benzene rings is 1. The van der Waals surface area contributed by atoms with Crippen molar-refractivity contribution in [3.05, 3.63) is 57.8 Å². The number of pyridine rings is 1. The SMILES string of the molecule is Cc1ccnc(NC(=O)c2cc([N+](=O)[O-])ccc2N)c1. The number of anilines is 2. The Morgan fingerprint density at radius 3 is 2.75 bits per heavy atom. The number of aromatic nitrogens is 1. The van der Waals surface area contributed by atoms with E-state index < -0.39 is 10.8 Å². The zero-order valence-corrected chi connectivity index (χ0v) is 10.7. The number of nitrogens with one attached hydrogen (secondary N) is 1. The van der Waals surface area contributed by atoms with Gasteiger partial charge in [-0.2, -0.15) is 0 Å². The van der Waals surface area contributed by atoms with Gasteiger partial charge in [0.1, 0.15) is 5.82 Å². The molecule has 1 heterocycles. The molecule has 0 atom stereocenters. The van der Waals surface area contributed by atoms with Gasteiger partial charge in [0.15, 0.2) is 0 Å². The zero-order chi connectivity index (χ0) is 14.7. The maximum absolute atomic E-state index is 12.1. The Morgan fingerprint density at radius 1 is 1.35 bits per heavy atom. The molecule has 0 fully saturated rings. The van der Waals surface area contributed by atoms with Gasteiger partial charge in [0, 0.05) is 24.0 Å². The summed E-state index contributed by atoms with van der Waals surface area (Å²) in [4.78, 5) is 26.2. The number of nitro benzene ring substituents is 1. The number of nitro groups is 1. The first-order valence-electron chi connectivity index (χ1n) is 5.75. The largest absolute Gasteiger partial charge is 0.398 e. The summed E-state index contributed by atoms with van der Waals surface area (Å²) in [5.74, 6) is -0.176. The van der Waals surface area contributed by atoms with Crippen LogP contribution in [0, 0.1) is 17.0 Å². The van der Waals surface area contributed by atoms with Crippen LogP contribution in [0.4, 0.5) is 17.2 Å². The smallest absolute Gasteiger partial charge is 0.270 e. The molecule has 0 saturated heterocycles. The van der Waals surface area contributed by atoms with Gasteiger partial charge in [0.25, 0.3) is 11.6 Å². The van der Waals surface area contributed by atoms with E-state index in [1.807, 2.05) is 6.92 Å². The van der Waals surface area contributed by atoms with Crippen LogP contribution in [0.5, 0.6) is 0 Å². The lowest BCUT2D eigenvalue weighted by Crippen LogP contribution is -2.15. The molecule has 2 aromatic rings. The summed E-state index contributed by atoms with van der Waals surface area (Å²) in [5, 5.41) is 13.3. The van der Waals surface area contributed by atoms with Gasteiger partial charge in [-0.1, -0.05) is 0 Å². The van der Waals surface area contributed by atoms with Gasteiger partial charge in [-0.15, -0.1) is 0 Å². The fourth-order valence-electron chi connectivity index (χ4n) is 1.64. The fraction of sp³-hybridized carbons (Fsp3) is 0.0769. The summed E-state index contributed by atoms with van der Waals surface area (Å²) in [6, 6.07) is 7.19. The highest BCUT2D eigenvalue weighted by Gasteiger charge is 2.15. The summed E-state index contributed by atoms with van der Waals surface area (Å²) in [7, 11) is 0. The van der Waals surface area contributed by atoms with Crippen LogP contribution < -0.4 is 11.1 Å². The quantitative estimate of drug-likeness (QED) is 0.505. The Bertz CT molecular complexity index is 685. The van der Waals surface area contributed by atoms with Gasteiger partial charge in [0.2, 0.25) is 0 Å². The highest BCUT2D eigenvalue weighted by atomic mass is 16.6. The van der Waals surface area contributed by atoms with E-state index in [2.05, 4.69) is 10.3 Å². The molecule has 0 aliphatic carbocycles. The molecule has 1 aromatic carbocycles. The van der Waals surface area contributed by atoms with Crippen molar-refractivity contribution < 1.29 is 9.72 Å². The average Bonchev–Trinajstić information content (AvgIpc) is 2.38. The van der Waals surface area contributed by atoms with Crippen LogP contribution in [0.1, 0.15) is 15.9 Å². The van der Waals surface area contributed by atoms with Crippen LogP contribution >= 0.6 is 0 Å². The van der Waals surface area contributed by atoms with E-state index >= 15 is 0 Å². The van der Waals surface area contributed by atoms with Gasteiger partial charge < -0.3 is 11.1 Å². The maximum atomic E-state index is 12.1. The molecule has 0 saturated carbocycles. The molecule has 20 heavy (non-hydrogen) atoms. The van der Waals surface area contributed by atoms with E-state index in [0.717, 1.165) is 11.6 Å². The summed E-state index contributed by atoms with van der Waals surface area (Å²) >= 11 is 0. The minimum absolute atomic E-state index is 0.0440. The van der Waals surface area contributed by atoms with Crippen LogP contribution in [0.15, 0.2) is 36.5 Å². The van der Waals surface area contributed by atoms with Crippen molar-refractivity contribution in [3.63, 3.8) is 0 Å². The lowest BCUT2D eigenvalue weighted by molar-refractivity contribution is -0.384. The molecule has 0 unspecified atom stereocenters. The molecule has 3 N–H and O–H groups in total. The third-order valence-corrected chi connectivity index (χ3v) is 2.65. The van der Waals surface area contributed by atoms with Crippen molar-refractivity contribution in [1.82, 2.24) is 4.98 Å². The second kappa shape index (κ2) is 5.35. The van der Waals surface area contributed by atoms with Gasteiger partial charge in [-0.3, -0.25) is 14.9 Å². The number of hydrogen-bond acceptors (Lipinski definition) is 5. The van der Waals surface area contributed by atoms with Crippen LogP contribution in [-0.4, -0.2) is 15.8 Å². The number of hydrogen-bond donors (Lipinski definition) is 2. The summed E-state index contributed by atoms with van der Waals surface area (Å²) in [6.07, 6.45) is 1.56. The topological polar surface area (TPSA) is 111 Å². The van der Waals surface area contributed by atoms with Gasteiger partial charge in [0.05, 0.1) is 10.5 Å². The van der Waals surface area contributed by atoms with Crippen molar-refractivity contribution >= 4 is 23.1 Å².